The maximum absolute atomic E-state index is 14.6. The number of hydrogen-bond donors (Lipinski definition) is 5. The van der Waals surface area contributed by atoms with Gasteiger partial charge in [-0.1, -0.05) is 12.8 Å². The number of fused-ring (bicyclic) bond motifs is 1. The Bertz CT molecular complexity index is 1070. The van der Waals surface area contributed by atoms with Gasteiger partial charge in [0.05, 0.1) is 16.8 Å². The van der Waals surface area contributed by atoms with Crippen molar-refractivity contribution in [1.29, 1.82) is 0 Å². The van der Waals surface area contributed by atoms with Crippen LogP contribution in [0.25, 0.3) is 10.9 Å². The van der Waals surface area contributed by atoms with E-state index in [9.17, 15) is 13.6 Å². The van der Waals surface area contributed by atoms with Crippen molar-refractivity contribution < 1.29 is 13.6 Å². The minimum Gasteiger partial charge on any atom is -0.365 e. The summed E-state index contributed by atoms with van der Waals surface area (Å²) in [5, 5.41) is 6.67. The number of H-pyrrole nitrogens is 1. The number of amides is 1. The molecule has 3 aromatic rings. The Kier molecular flexibility index (Phi) is 5.06. The Morgan fingerprint density at radius 3 is 2.72 bits per heavy atom. The van der Waals surface area contributed by atoms with Crippen molar-refractivity contribution in [2.75, 3.05) is 10.6 Å². The third-order valence-electron chi connectivity index (χ3n) is 5.27. The van der Waals surface area contributed by atoms with Gasteiger partial charge in [0, 0.05) is 23.7 Å². The van der Waals surface area contributed by atoms with E-state index in [1.54, 1.807) is 12.3 Å². The fourth-order valence-electron chi connectivity index (χ4n) is 3.75. The van der Waals surface area contributed by atoms with Gasteiger partial charge in [-0.3, -0.25) is 4.79 Å². The van der Waals surface area contributed by atoms with E-state index in [1.807, 2.05) is 0 Å². The summed E-state index contributed by atoms with van der Waals surface area (Å²) >= 11 is 0. The number of carbonyl (C=O) groups is 1. The van der Waals surface area contributed by atoms with Crippen LogP contribution in [0.4, 0.5) is 26.1 Å². The highest BCUT2D eigenvalue weighted by atomic mass is 19.1. The Balaban J connectivity index is 1.72. The van der Waals surface area contributed by atoms with Gasteiger partial charge in [0.25, 0.3) is 5.91 Å². The van der Waals surface area contributed by atoms with E-state index in [0.717, 1.165) is 31.7 Å². The van der Waals surface area contributed by atoms with Crippen LogP contribution in [-0.2, 0) is 0 Å². The quantitative estimate of drug-likeness (QED) is 0.450. The van der Waals surface area contributed by atoms with Crippen LogP contribution < -0.4 is 22.1 Å². The number of pyridine rings is 1. The summed E-state index contributed by atoms with van der Waals surface area (Å²) in [6, 6.07) is 5.18. The number of halogens is 2. The Hall–Kier alpha value is -3.20. The molecule has 9 heteroatoms. The Morgan fingerprint density at radius 1 is 1.17 bits per heavy atom. The van der Waals surface area contributed by atoms with E-state index in [1.165, 1.54) is 12.1 Å². The summed E-state index contributed by atoms with van der Waals surface area (Å²) in [5.41, 5.74) is 12.4. The van der Waals surface area contributed by atoms with Gasteiger partial charge in [0.1, 0.15) is 11.6 Å². The van der Waals surface area contributed by atoms with Crippen LogP contribution in [-0.4, -0.2) is 28.0 Å². The molecule has 2 unspecified atom stereocenters. The fourth-order valence-corrected chi connectivity index (χ4v) is 3.75. The maximum atomic E-state index is 14.6. The molecule has 0 radical (unpaired) electrons. The van der Waals surface area contributed by atoms with Gasteiger partial charge in [0.2, 0.25) is 0 Å². The van der Waals surface area contributed by atoms with E-state index in [4.69, 9.17) is 11.5 Å². The van der Waals surface area contributed by atoms with Crippen LogP contribution in [0.1, 0.15) is 36.0 Å². The van der Waals surface area contributed by atoms with Crippen molar-refractivity contribution in [2.45, 2.75) is 37.8 Å². The zero-order valence-electron chi connectivity index (χ0n) is 15.6. The molecule has 2 heterocycles. The lowest BCUT2D eigenvalue weighted by molar-refractivity contribution is 0.100. The van der Waals surface area contributed by atoms with Crippen LogP contribution in [0.2, 0.25) is 0 Å². The molecule has 0 aliphatic heterocycles. The van der Waals surface area contributed by atoms with Crippen molar-refractivity contribution >= 4 is 34.1 Å². The Morgan fingerprint density at radius 2 is 1.97 bits per heavy atom. The van der Waals surface area contributed by atoms with E-state index < -0.39 is 17.5 Å². The van der Waals surface area contributed by atoms with E-state index in [-0.39, 0.29) is 29.3 Å². The third-order valence-corrected chi connectivity index (χ3v) is 5.27. The molecule has 0 saturated heterocycles. The highest BCUT2D eigenvalue weighted by Gasteiger charge is 2.24. The molecule has 29 heavy (non-hydrogen) atoms. The summed E-state index contributed by atoms with van der Waals surface area (Å²) in [7, 11) is 0. The maximum Gasteiger partial charge on any atom is 0.252 e. The number of nitrogens with two attached hydrogens (primary N) is 2. The second-order valence-corrected chi connectivity index (χ2v) is 7.30. The number of carbonyl (C=O) groups excluding carboxylic acids is 1. The van der Waals surface area contributed by atoms with Crippen LogP contribution in [0.5, 0.6) is 0 Å². The number of hydrogen-bond acceptors (Lipinski definition) is 5. The summed E-state index contributed by atoms with van der Waals surface area (Å²) in [4.78, 5) is 19.0. The topological polar surface area (TPSA) is 122 Å². The standard InChI is InChI=1S/C20H22F2N6O/c21-10-7-16-11(5-6-25-16)17(8-10)27-19-12(18(24)29)9-13(22)20(28-19)26-15-4-2-1-3-14(15)23/h5-9,14-15,25H,1-4,23H2,(H2,24,29)(H2,26,27,28). The summed E-state index contributed by atoms with van der Waals surface area (Å²) in [6.45, 7) is 0. The first-order chi connectivity index (χ1) is 13.9. The lowest BCUT2D eigenvalue weighted by Gasteiger charge is -2.30. The first kappa shape index (κ1) is 19.1. The largest absolute Gasteiger partial charge is 0.365 e. The number of benzene rings is 1. The molecule has 1 amide bonds. The first-order valence-corrected chi connectivity index (χ1v) is 9.48. The number of aromatic amines is 1. The highest BCUT2D eigenvalue weighted by molar-refractivity contribution is 6.00. The average Bonchev–Trinajstić information content (AvgIpc) is 3.14. The molecule has 2 atom stereocenters. The number of rotatable bonds is 5. The molecular weight excluding hydrogens is 378 g/mol. The van der Waals surface area contributed by atoms with Crippen molar-refractivity contribution in [1.82, 2.24) is 9.97 Å². The van der Waals surface area contributed by atoms with Gasteiger partial charge in [-0.05, 0) is 37.1 Å². The smallest absolute Gasteiger partial charge is 0.252 e. The minimum atomic E-state index is -0.846. The third kappa shape index (κ3) is 3.86. The molecule has 7 nitrogen and oxygen atoms in total. The SMILES string of the molecule is NC(=O)c1cc(F)c(NC2CCCCC2N)nc1Nc1cc(F)cc2[nH]ccc12. The lowest BCUT2D eigenvalue weighted by Crippen LogP contribution is -2.43. The van der Waals surface area contributed by atoms with Gasteiger partial charge >= 0.3 is 0 Å². The highest BCUT2D eigenvalue weighted by Crippen LogP contribution is 2.30. The second kappa shape index (κ2) is 7.67. The molecule has 1 saturated carbocycles. The molecule has 0 bridgehead atoms. The number of anilines is 3. The Labute approximate surface area is 165 Å². The molecule has 1 fully saturated rings. The first-order valence-electron chi connectivity index (χ1n) is 9.48. The van der Waals surface area contributed by atoms with Crippen LogP contribution in [0.3, 0.4) is 0 Å². The average molecular weight is 400 g/mol. The van der Waals surface area contributed by atoms with Crippen LogP contribution in [0, 0.1) is 11.6 Å². The minimum absolute atomic E-state index is 0.0263. The molecule has 7 N–H and O–H groups in total. The predicted molar refractivity (Wildman–Crippen MR) is 108 cm³/mol. The van der Waals surface area contributed by atoms with Gasteiger partial charge in [0.15, 0.2) is 11.6 Å². The van der Waals surface area contributed by atoms with Gasteiger partial charge < -0.3 is 27.1 Å². The molecule has 152 valence electrons. The van der Waals surface area contributed by atoms with Crippen LogP contribution in [0.15, 0.2) is 30.5 Å². The van der Waals surface area contributed by atoms with Crippen molar-refractivity contribution in [2.24, 2.45) is 11.5 Å². The number of nitrogens with one attached hydrogen (secondary N) is 3. The van der Waals surface area contributed by atoms with Gasteiger partial charge in [-0.25, -0.2) is 13.8 Å². The monoisotopic (exact) mass is 400 g/mol. The second-order valence-electron chi connectivity index (χ2n) is 7.30. The molecule has 1 aliphatic rings. The van der Waals surface area contributed by atoms with Crippen molar-refractivity contribution in [3.63, 3.8) is 0 Å². The van der Waals surface area contributed by atoms with Crippen molar-refractivity contribution in [3.8, 4) is 0 Å². The van der Waals surface area contributed by atoms with E-state index in [2.05, 4.69) is 20.6 Å². The summed E-state index contributed by atoms with van der Waals surface area (Å²) in [5.74, 6) is -2.01. The normalized spacial score (nSPS) is 19.3. The lowest BCUT2D eigenvalue weighted by atomic mass is 9.91. The molecule has 4 rings (SSSR count). The number of aromatic nitrogens is 2. The van der Waals surface area contributed by atoms with E-state index >= 15 is 0 Å². The zero-order chi connectivity index (χ0) is 20.5. The predicted octanol–water partition coefficient (Wildman–Crippen LogP) is 3.37. The molecular formula is C20H22F2N6O. The molecule has 2 aromatic heterocycles. The van der Waals surface area contributed by atoms with Crippen molar-refractivity contribution in [3.05, 3.63) is 47.7 Å². The van der Waals surface area contributed by atoms with Gasteiger partial charge in [-0.15, -0.1) is 0 Å². The zero-order valence-corrected chi connectivity index (χ0v) is 15.6. The fraction of sp³-hybridized carbons (Fsp3) is 0.300. The number of nitrogens with zero attached hydrogens (tertiary/aromatic N) is 1. The van der Waals surface area contributed by atoms with E-state index in [0.29, 0.717) is 16.6 Å². The summed E-state index contributed by atoms with van der Waals surface area (Å²) < 4.78 is 28.6. The van der Waals surface area contributed by atoms with Gasteiger partial charge in [-0.2, -0.15) is 0 Å². The molecule has 1 aromatic carbocycles. The number of primary amides is 1. The molecule has 0 spiro atoms. The van der Waals surface area contributed by atoms with Crippen LogP contribution >= 0.6 is 0 Å². The molecule has 1 aliphatic carbocycles. The summed E-state index contributed by atoms with van der Waals surface area (Å²) in [6.07, 6.45) is 5.34.